The van der Waals surface area contributed by atoms with Crippen LogP contribution in [0.15, 0.2) is 48.5 Å². The van der Waals surface area contributed by atoms with Crippen LogP contribution < -0.4 is 10.6 Å². The lowest BCUT2D eigenvalue weighted by Crippen LogP contribution is -2.26. The molecule has 0 unspecified atom stereocenters. The van der Waals surface area contributed by atoms with Crippen molar-refractivity contribution in [2.75, 3.05) is 10.6 Å². The van der Waals surface area contributed by atoms with Gasteiger partial charge in [0.2, 0.25) is 5.91 Å². The van der Waals surface area contributed by atoms with Crippen molar-refractivity contribution in [2.45, 2.75) is 58.3 Å². The second kappa shape index (κ2) is 8.59. The monoisotopic (exact) mass is 378 g/mol. The zero-order valence-corrected chi connectivity index (χ0v) is 17.0. The molecule has 0 radical (unpaired) electrons. The van der Waals surface area contributed by atoms with Gasteiger partial charge in [0.15, 0.2) is 0 Å². The third kappa shape index (κ3) is 5.00. The van der Waals surface area contributed by atoms with Gasteiger partial charge in [-0.3, -0.25) is 9.59 Å². The van der Waals surface area contributed by atoms with Crippen molar-refractivity contribution in [3.8, 4) is 0 Å². The summed E-state index contributed by atoms with van der Waals surface area (Å²) in [6.45, 7) is 6.43. The number of hydrogen-bond donors (Lipinski definition) is 2. The van der Waals surface area contributed by atoms with Crippen molar-refractivity contribution < 1.29 is 9.59 Å². The molecule has 0 spiro atoms. The van der Waals surface area contributed by atoms with E-state index in [9.17, 15) is 9.59 Å². The van der Waals surface area contributed by atoms with Crippen LogP contribution in [0.4, 0.5) is 11.4 Å². The van der Waals surface area contributed by atoms with Crippen LogP contribution in [0.2, 0.25) is 0 Å². The lowest BCUT2D eigenvalue weighted by molar-refractivity contribution is -0.120. The van der Waals surface area contributed by atoms with E-state index in [4.69, 9.17) is 0 Å². The first-order chi connectivity index (χ1) is 13.3. The summed E-state index contributed by atoms with van der Waals surface area (Å²) in [6, 6.07) is 15.1. The Hall–Kier alpha value is -2.62. The minimum atomic E-state index is -0.217. The van der Waals surface area contributed by atoms with Gasteiger partial charge in [-0.1, -0.05) is 64.3 Å². The lowest BCUT2D eigenvalue weighted by Gasteiger charge is -2.22. The minimum absolute atomic E-state index is 0.00656. The largest absolute Gasteiger partial charge is 0.325 e. The Labute approximate surface area is 167 Å². The van der Waals surface area contributed by atoms with E-state index in [-0.39, 0.29) is 23.1 Å². The molecule has 1 fully saturated rings. The molecule has 2 aromatic carbocycles. The van der Waals surface area contributed by atoms with E-state index in [1.165, 1.54) is 6.42 Å². The second-order valence-corrected chi connectivity index (χ2v) is 8.65. The van der Waals surface area contributed by atoms with Gasteiger partial charge in [0.1, 0.15) is 0 Å². The molecular formula is C24H30N2O2. The van der Waals surface area contributed by atoms with E-state index in [1.54, 1.807) is 12.1 Å². The van der Waals surface area contributed by atoms with E-state index in [1.807, 2.05) is 30.3 Å². The summed E-state index contributed by atoms with van der Waals surface area (Å²) in [5.74, 6) is -0.145. The Balaban J connectivity index is 1.75. The molecule has 28 heavy (non-hydrogen) atoms. The fraction of sp³-hybridized carbons (Fsp3) is 0.417. The number of benzene rings is 2. The van der Waals surface area contributed by atoms with Crippen LogP contribution in [-0.2, 0) is 10.2 Å². The van der Waals surface area contributed by atoms with Crippen LogP contribution >= 0.6 is 0 Å². The van der Waals surface area contributed by atoms with E-state index in [0.717, 1.165) is 36.9 Å². The highest BCUT2D eigenvalue weighted by Crippen LogP contribution is 2.27. The zero-order valence-electron chi connectivity index (χ0n) is 17.0. The van der Waals surface area contributed by atoms with E-state index >= 15 is 0 Å². The molecule has 1 saturated carbocycles. The lowest BCUT2D eigenvalue weighted by atomic mass is 9.87. The van der Waals surface area contributed by atoms with E-state index < -0.39 is 0 Å². The van der Waals surface area contributed by atoms with Gasteiger partial charge >= 0.3 is 0 Å². The first-order valence-corrected chi connectivity index (χ1v) is 10.2. The summed E-state index contributed by atoms with van der Waals surface area (Å²) in [4.78, 5) is 25.5. The predicted octanol–water partition coefficient (Wildman–Crippen LogP) is 5.76. The van der Waals surface area contributed by atoms with Crippen LogP contribution in [0.1, 0.15) is 68.8 Å². The maximum atomic E-state index is 12.9. The fourth-order valence-electron chi connectivity index (χ4n) is 3.65. The number of amides is 2. The second-order valence-electron chi connectivity index (χ2n) is 8.65. The molecule has 0 heterocycles. The number of anilines is 2. The Kier molecular flexibility index (Phi) is 6.18. The first kappa shape index (κ1) is 20.1. The predicted molar refractivity (Wildman–Crippen MR) is 115 cm³/mol. The first-order valence-electron chi connectivity index (χ1n) is 10.2. The summed E-state index contributed by atoms with van der Waals surface area (Å²) in [7, 11) is 0. The summed E-state index contributed by atoms with van der Waals surface area (Å²) >= 11 is 0. The molecule has 0 bridgehead atoms. The summed E-state index contributed by atoms with van der Waals surface area (Å²) in [5, 5.41) is 5.96. The van der Waals surface area contributed by atoms with Gasteiger partial charge in [0.05, 0.1) is 11.3 Å². The third-order valence-corrected chi connectivity index (χ3v) is 5.39. The van der Waals surface area contributed by atoms with Crippen molar-refractivity contribution in [3.63, 3.8) is 0 Å². The van der Waals surface area contributed by atoms with Gasteiger partial charge in [-0.05, 0) is 48.1 Å². The minimum Gasteiger partial charge on any atom is -0.325 e. The fourth-order valence-corrected chi connectivity index (χ4v) is 3.65. The standard InChI is InChI=1S/C24H30N2O2/c1-24(2,3)18-12-9-13-19(16-18)25-23(28)20-14-7-8-15-21(20)26-22(27)17-10-5-4-6-11-17/h7-9,12-17H,4-6,10-11H2,1-3H3,(H,25,28)(H,26,27). The van der Waals surface area contributed by atoms with Gasteiger partial charge < -0.3 is 10.6 Å². The number of carbonyl (C=O) groups is 2. The molecule has 3 rings (SSSR count). The maximum Gasteiger partial charge on any atom is 0.257 e. The molecule has 2 amide bonds. The average molecular weight is 379 g/mol. The van der Waals surface area contributed by atoms with Crippen molar-refractivity contribution in [1.29, 1.82) is 0 Å². The molecule has 0 aliphatic heterocycles. The van der Waals surface area contributed by atoms with Crippen molar-refractivity contribution in [2.24, 2.45) is 5.92 Å². The highest BCUT2D eigenvalue weighted by molar-refractivity contribution is 6.10. The SMILES string of the molecule is CC(C)(C)c1cccc(NC(=O)c2ccccc2NC(=O)C2CCCCC2)c1. The quantitative estimate of drug-likeness (QED) is 0.711. The number of rotatable bonds is 4. The highest BCUT2D eigenvalue weighted by Gasteiger charge is 2.23. The number of nitrogens with one attached hydrogen (secondary N) is 2. The summed E-state index contributed by atoms with van der Waals surface area (Å²) in [6.07, 6.45) is 5.27. The molecular weight excluding hydrogens is 348 g/mol. The van der Waals surface area contributed by atoms with Crippen LogP contribution in [0.3, 0.4) is 0 Å². The highest BCUT2D eigenvalue weighted by atomic mass is 16.2. The van der Waals surface area contributed by atoms with Crippen LogP contribution in [0.25, 0.3) is 0 Å². The van der Waals surface area contributed by atoms with Crippen molar-refractivity contribution in [1.82, 2.24) is 0 Å². The zero-order chi connectivity index (χ0) is 20.1. The topological polar surface area (TPSA) is 58.2 Å². The van der Waals surface area contributed by atoms with Gasteiger partial charge in [0.25, 0.3) is 5.91 Å². The van der Waals surface area contributed by atoms with E-state index in [0.29, 0.717) is 11.3 Å². The summed E-state index contributed by atoms with van der Waals surface area (Å²) in [5.41, 5.74) is 2.97. The molecule has 4 nitrogen and oxygen atoms in total. The molecule has 1 aliphatic carbocycles. The molecule has 2 N–H and O–H groups in total. The Morgan fingerprint density at radius 2 is 1.61 bits per heavy atom. The Morgan fingerprint density at radius 3 is 2.32 bits per heavy atom. The normalized spacial score (nSPS) is 15.1. The Bertz CT molecular complexity index is 846. The van der Waals surface area contributed by atoms with Gasteiger partial charge in [-0.15, -0.1) is 0 Å². The third-order valence-electron chi connectivity index (χ3n) is 5.39. The molecule has 0 atom stereocenters. The molecule has 2 aromatic rings. The van der Waals surface area contributed by atoms with Gasteiger partial charge in [-0.25, -0.2) is 0 Å². The molecule has 0 saturated heterocycles. The van der Waals surface area contributed by atoms with Crippen LogP contribution in [0.5, 0.6) is 0 Å². The van der Waals surface area contributed by atoms with Gasteiger partial charge in [-0.2, -0.15) is 0 Å². The number of para-hydroxylation sites is 1. The summed E-state index contributed by atoms with van der Waals surface area (Å²) < 4.78 is 0. The average Bonchev–Trinajstić information content (AvgIpc) is 2.68. The van der Waals surface area contributed by atoms with Crippen molar-refractivity contribution >= 4 is 23.2 Å². The molecule has 148 valence electrons. The van der Waals surface area contributed by atoms with E-state index in [2.05, 4.69) is 37.5 Å². The van der Waals surface area contributed by atoms with Crippen molar-refractivity contribution in [3.05, 3.63) is 59.7 Å². The van der Waals surface area contributed by atoms with Crippen LogP contribution in [-0.4, -0.2) is 11.8 Å². The van der Waals surface area contributed by atoms with Gasteiger partial charge in [0, 0.05) is 11.6 Å². The Morgan fingerprint density at radius 1 is 0.893 bits per heavy atom. The number of hydrogen-bond acceptors (Lipinski definition) is 2. The maximum absolute atomic E-state index is 12.9. The molecule has 4 heteroatoms. The smallest absolute Gasteiger partial charge is 0.257 e. The molecule has 1 aliphatic rings. The van der Waals surface area contributed by atoms with Crippen LogP contribution in [0, 0.1) is 5.92 Å². The molecule has 0 aromatic heterocycles. The number of carbonyl (C=O) groups excluding carboxylic acids is 2.